The molecule has 0 unspecified atom stereocenters. The number of rotatable bonds is 5. The summed E-state index contributed by atoms with van der Waals surface area (Å²) < 4.78 is 4.00. The molecule has 0 aliphatic carbocycles. The molecule has 0 aromatic carbocycles. The van der Waals surface area contributed by atoms with Crippen LogP contribution in [-0.4, -0.2) is 25.7 Å². The molecule has 19 heavy (non-hydrogen) atoms. The van der Waals surface area contributed by atoms with E-state index in [4.69, 9.17) is 0 Å². The SMILES string of the molecule is CCCNCc1c(-n2ccc(C)n2)nc2sccn12. The Hall–Kier alpha value is -1.66. The Morgan fingerprint density at radius 1 is 1.37 bits per heavy atom. The van der Waals surface area contributed by atoms with Crippen molar-refractivity contribution in [1.82, 2.24) is 24.5 Å². The van der Waals surface area contributed by atoms with Crippen LogP contribution in [0.3, 0.4) is 0 Å². The van der Waals surface area contributed by atoms with E-state index in [0.29, 0.717) is 0 Å². The van der Waals surface area contributed by atoms with Crippen molar-refractivity contribution < 1.29 is 0 Å². The van der Waals surface area contributed by atoms with Gasteiger partial charge in [0.2, 0.25) is 0 Å². The van der Waals surface area contributed by atoms with E-state index in [9.17, 15) is 0 Å². The predicted octanol–water partition coefficient (Wildman–Crippen LogP) is 2.39. The number of aromatic nitrogens is 4. The minimum Gasteiger partial charge on any atom is -0.311 e. The predicted molar refractivity (Wildman–Crippen MR) is 76.9 cm³/mol. The van der Waals surface area contributed by atoms with Gasteiger partial charge in [0.15, 0.2) is 10.8 Å². The van der Waals surface area contributed by atoms with Crippen molar-refractivity contribution in [1.29, 1.82) is 0 Å². The second kappa shape index (κ2) is 5.14. The Morgan fingerprint density at radius 2 is 2.26 bits per heavy atom. The Morgan fingerprint density at radius 3 is 3.00 bits per heavy atom. The molecule has 3 aromatic heterocycles. The van der Waals surface area contributed by atoms with Crippen LogP contribution in [-0.2, 0) is 6.54 Å². The highest BCUT2D eigenvalue weighted by molar-refractivity contribution is 7.15. The van der Waals surface area contributed by atoms with E-state index in [2.05, 4.69) is 38.3 Å². The second-order valence-electron chi connectivity index (χ2n) is 4.52. The molecule has 0 radical (unpaired) electrons. The number of nitrogens with one attached hydrogen (secondary N) is 1. The molecule has 0 aliphatic heterocycles. The van der Waals surface area contributed by atoms with Gasteiger partial charge in [-0.1, -0.05) is 6.92 Å². The summed E-state index contributed by atoms with van der Waals surface area (Å²) in [6.07, 6.45) is 5.16. The van der Waals surface area contributed by atoms with E-state index in [1.807, 2.05) is 23.9 Å². The van der Waals surface area contributed by atoms with Crippen molar-refractivity contribution in [2.24, 2.45) is 0 Å². The van der Waals surface area contributed by atoms with Gasteiger partial charge in [-0.25, -0.2) is 4.68 Å². The average Bonchev–Trinajstić information content (AvgIpc) is 3.06. The molecule has 6 heteroatoms. The second-order valence-corrected chi connectivity index (χ2v) is 5.39. The lowest BCUT2D eigenvalue weighted by Gasteiger charge is -2.05. The van der Waals surface area contributed by atoms with Crippen LogP contribution in [0.2, 0.25) is 0 Å². The smallest absolute Gasteiger partial charge is 0.196 e. The van der Waals surface area contributed by atoms with Crippen LogP contribution in [0, 0.1) is 6.92 Å². The molecule has 0 saturated carbocycles. The van der Waals surface area contributed by atoms with Gasteiger partial charge in [-0.15, -0.1) is 11.3 Å². The van der Waals surface area contributed by atoms with Gasteiger partial charge in [-0.05, 0) is 26.0 Å². The Kier molecular flexibility index (Phi) is 3.35. The van der Waals surface area contributed by atoms with Crippen LogP contribution < -0.4 is 5.32 Å². The highest BCUT2D eigenvalue weighted by Gasteiger charge is 2.14. The van der Waals surface area contributed by atoms with Gasteiger partial charge >= 0.3 is 0 Å². The first-order valence-corrected chi connectivity index (χ1v) is 7.35. The van der Waals surface area contributed by atoms with Crippen LogP contribution in [0.25, 0.3) is 10.8 Å². The number of hydrogen-bond donors (Lipinski definition) is 1. The molecule has 3 rings (SSSR count). The maximum atomic E-state index is 4.68. The largest absolute Gasteiger partial charge is 0.311 e. The van der Waals surface area contributed by atoms with Gasteiger partial charge in [0.1, 0.15) is 0 Å². The zero-order chi connectivity index (χ0) is 13.2. The van der Waals surface area contributed by atoms with E-state index >= 15 is 0 Å². The monoisotopic (exact) mass is 275 g/mol. The lowest BCUT2D eigenvalue weighted by molar-refractivity contribution is 0.654. The van der Waals surface area contributed by atoms with Crippen LogP contribution in [0.4, 0.5) is 0 Å². The first kappa shape index (κ1) is 12.4. The Balaban J connectivity index is 2.02. The molecule has 0 saturated heterocycles. The Labute approximate surface area is 115 Å². The molecule has 5 nitrogen and oxygen atoms in total. The lowest BCUT2D eigenvalue weighted by atomic mass is 10.4. The highest BCUT2D eigenvalue weighted by Crippen LogP contribution is 2.20. The van der Waals surface area contributed by atoms with Crippen molar-refractivity contribution in [2.75, 3.05) is 6.54 Å². The van der Waals surface area contributed by atoms with Crippen LogP contribution in [0.5, 0.6) is 0 Å². The van der Waals surface area contributed by atoms with E-state index < -0.39 is 0 Å². The van der Waals surface area contributed by atoms with Gasteiger partial charge in [0.25, 0.3) is 0 Å². The molecule has 0 fully saturated rings. The fourth-order valence-corrected chi connectivity index (χ4v) is 2.81. The van der Waals surface area contributed by atoms with Gasteiger partial charge in [-0.3, -0.25) is 4.40 Å². The maximum Gasteiger partial charge on any atom is 0.196 e. The van der Waals surface area contributed by atoms with Crippen molar-refractivity contribution in [3.05, 3.63) is 35.2 Å². The molecule has 0 amide bonds. The number of hydrogen-bond acceptors (Lipinski definition) is 4. The zero-order valence-electron chi connectivity index (χ0n) is 11.1. The van der Waals surface area contributed by atoms with Crippen molar-refractivity contribution in [3.63, 3.8) is 0 Å². The molecule has 0 spiro atoms. The van der Waals surface area contributed by atoms with Crippen LogP contribution in [0.1, 0.15) is 24.7 Å². The number of thiazole rings is 1. The summed E-state index contributed by atoms with van der Waals surface area (Å²) in [6, 6.07) is 2.00. The molecule has 0 atom stereocenters. The third-order valence-corrected chi connectivity index (χ3v) is 3.76. The fourth-order valence-electron chi connectivity index (χ4n) is 2.09. The van der Waals surface area contributed by atoms with Gasteiger partial charge in [0.05, 0.1) is 11.4 Å². The third-order valence-electron chi connectivity index (χ3n) is 3.00. The van der Waals surface area contributed by atoms with Gasteiger partial charge < -0.3 is 5.32 Å². The fraction of sp³-hybridized carbons (Fsp3) is 0.385. The van der Waals surface area contributed by atoms with E-state index in [1.54, 1.807) is 11.3 Å². The molecule has 1 N–H and O–H groups in total. The van der Waals surface area contributed by atoms with Crippen LogP contribution in [0.15, 0.2) is 23.8 Å². The highest BCUT2D eigenvalue weighted by atomic mass is 32.1. The van der Waals surface area contributed by atoms with Crippen molar-refractivity contribution in [3.8, 4) is 5.82 Å². The molecule has 100 valence electrons. The first-order valence-electron chi connectivity index (χ1n) is 6.47. The first-order chi connectivity index (χ1) is 9.29. The third kappa shape index (κ3) is 2.29. The molecular formula is C13H17N5S. The van der Waals surface area contributed by atoms with Crippen molar-refractivity contribution in [2.45, 2.75) is 26.8 Å². The standard InChI is InChI=1S/C13H17N5S/c1-3-5-14-9-11-12(18-6-4-10(2)16-18)15-13-17(11)7-8-19-13/h4,6-8,14H,3,5,9H2,1-2H3. The minimum atomic E-state index is 0.806. The normalized spacial score (nSPS) is 11.5. The van der Waals surface area contributed by atoms with E-state index in [0.717, 1.165) is 41.7 Å². The minimum absolute atomic E-state index is 0.806. The van der Waals surface area contributed by atoms with E-state index in [1.165, 1.54) is 0 Å². The number of aryl methyl sites for hydroxylation is 1. The topological polar surface area (TPSA) is 47.2 Å². The number of nitrogens with zero attached hydrogens (tertiary/aromatic N) is 4. The summed E-state index contributed by atoms with van der Waals surface area (Å²) in [7, 11) is 0. The van der Waals surface area contributed by atoms with E-state index in [-0.39, 0.29) is 0 Å². The van der Waals surface area contributed by atoms with Gasteiger partial charge in [0, 0.05) is 24.3 Å². The summed E-state index contributed by atoms with van der Waals surface area (Å²) in [5.74, 6) is 0.920. The molecule has 3 aromatic rings. The van der Waals surface area contributed by atoms with Crippen molar-refractivity contribution >= 4 is 16.3 Å². The Bertz CT molecular complexity index is 678. The van der Waals surface area contributed by atoms with Crippen LogP contribution >= 0.6 is 11.3 Å². The summed E-state index contributed by atoms with van der Waals surface area (Å²) >= 11 is 1.65. The summed E-state index contributed by atoms with van der Waals surface area (Å²) in [4.78, 5) is 5.69. The summed E-state index contributed by atoms with van der Waals surface area (Å²) in [5.41, 5.74) is 2.16. The average molecular weight is 275 g/mol. The quantitative estimate of drug-likeness (QED) is 0.727. The lowest BCUT2D eigenvalue weighted by Crippen LogP contribution is -2.16. The molecule has 0 aliphatic rings. The summed E-state index contributed by atoms with van der Waals surface area (Å²) in [5, 5.41) is 9.96. The van der Waals surface area contributed by atoms with Gasteiger partial charge in [-0.2, -0.15) is 10.1 Å². The zero-order valence-corrected chi connectivity index (χ0v) is 11.9. The molecular weight excluding hydrogens is 258 g/mol. The molecule has 3 heterocycles. The number of fused-ring (bicyclic) bond motifs is 1. The number of imidazole rings is 1. The maximum absolute atomic E-state index is 4.68. The summed E-state index contributed by atoms with van der Waals surface area (Å²) in [6.45, 7) is 5.97. The molecule has 0 bridgehead atoms.